The summed E-state index contributed by atoms with van der Waals surface area (Å²) in [5, 5.41) is 0. The predicted octanol–water partition coefficient (Wildman–Crippen LogP) is 4.32. The largest absolute Gasteiger partial charge is 0.331 e. The smallest absolute Gasteiger partial charge is 0.255 e. The van der Waals surface area contributed by atoms with E-state index >= 15 is 0 Å². The minimum Gasteiger partial charge on any atom is -0.331 e. The first-order chi connectivity index (χ1) is 10.7. The number of fused-ring (bicyclic) bond motifs is 3. The highest BCUT2D eigenvalue weighted by Crippen LogP contribution is 2.44. The first-order valence-electron chi connectivity index (χ1n) is 8.19. The van der Waals surface area contributed by atoms with E-state index in [1.54, 1.807) is 0 Å². The molecule has 2 aliphatic carbocycles. The van der Waals surface area contributed by atoms with Gasteiger partial charge in [-0.2, -0.15) is 0 Å². The van der Waals surface area contributed by atoms with Crippen molar-refractivity contribution >= 4 is 12.2 Å². The molecule has 4 rings (SSSR count). The van der Waals surface area contributed by atoms with Gasteiger partial charge in [0.2, 0.25) is 0 Å². The quantitative estimate of drug-likeness (QED) is 0.770. The van der Waals surface area contributed by atoms with Crippen molar-refractivity contribution in [2.75, 3.05) is 0 Å². The molecule has 0 amide bonds. The summed E-state index contributed by atoms with van der Waals surface area (Å²) in [5.41, 5.74) is 4.36. The second-order valence-corrected chi connectivity index (χ2v) is 6.97. The summed E-state index contributed by atoms with van der Waals surface area (Å²) >= 11 is 5.20. The number of rotatable bonds is 1. The molecule has 0 spiro atoms. The molecule has 3 nitrogen and oxygen atoms in total. The third-order valence-electron chi connectivity index (χ3n) is 5.30. The zero-order valence-corrected chi connectivity index (χ0v) is 13.3. The molecule has 1 heterocycles. The fourth-order valence-corrected chi connectivity index (χ4v) is 4.48. The zero-order chi connectivity index (χ0) is 15.1. The molecule has 1 aromatic carbocycles. The maximum absolute atomic E-state index is 12.6. The molecule has 0 saturated heterocycles. The Morgan fingerprint density at radius 3 is 2.64 bits per heavy atom. The Morgan fingerprint density at radius 2 is 1.82 bits per heavy atom. The van der Waals surface area contributed by atoms with Crippen LogP contribution in [0.2, 0.25) is 0 Å². The van der Waals surface area contributed by atoms with Gasteiger partial charge in [-0.15, -0.1) is 0 Å². The maximum Gasteiger partial charge on any atom is 0.255 e. The van der Waals surface area contributed by atoms with Crippen molar-refractivity contribution in [2.45, 2.75) is 44.4 Å². The molecule has 0 aliphatic heterocycles. The molecular weight excluding hydrogens is 292 g/mol. The fourth-order valence-electron chi connectivity index (χ4n) is 4.28. The van der Waals surface area contributed by atoms with Crippen LogP contribution >= 0.6 is 12.2 Å². The summed E-state index contributed by atoms with van der Waals surface area (Å²) in [7, 11) is 0. The molecule has 22 heavy (non-hydrogen) atoms. The molecule has 1 aromatic heterocycles. The van der Waals surface area contributed by atoms with E-state index in [1.165, 1.54) is 37.7 Å². The van der Waals surface area contributed by atoms with Gasteiger partial charge < -0.3 is 4.98 Å². The Bertz CT molecular complexity index is 814. The minimum atomic E-state index is 0.00354. The molecule has 2 N–H and O–H groups in total. The molecule has 0 bridgehead atoms. The van der Waals surface area contributed by atoms with Gasteiger partial charge in [-0.1, -0.05) is 43.5 Å². The molecule has 114 valence electrons. The third-order valence-corrected chi connectivity index (χ3v) is 5.50. The lowest BCUT2D eigenvalue weighted by molar-refractivity contribution is 0.300. The van der Waals surface area contributed by atoms with Crippen molar-refractivity contribution in [2.24, 2.45) is 5.92 Å². The van der Waals surface area contributed by atoms with Crippen LogP contribution in [0.1, 0.15) is 49.1 Å². The van der Waals surface area contributed by atoms with Gasteiger partial charge in [0, 0.05) is 11.1 Å². The van der Waals surface area contributed by atoms with E-state index < -0.39 is 0 Å². The molecule has 0 unspecified atom stereocenters. The van der Waals surface area contributed by atoms with Crippen LogP contribution in [0, 0.1) is 10.7 Å². The fraction of sp³-hybridized carbons (Fsp3) is 0.444. The van der Waals surface area contributed by atoms with Gasteiger partial charge in [0.15, 0.2) is 4.77 Å². The second-order valence-electron chi connectivity index (χ2n) is 6.56. The monoisotopic (exact) mass is 312 g/mol. The average Bonchev–Trinajstić information content (AvgIpc) is 2.54. The van der Waals surface area contributed by atoms with Crippen LogP contribution < -0.4 is 5.56 Å². The van der Waals surface area contributed by atoms with E-state index in [-0.39, 0.29) is 5.56 Å². The standard InChI is InChI=1S/C18H20N2OS/c21-17-15-14(11-6-2-1-3-7-11)10-12-8-4-5-9-13(12)16(15)19-18(22)20-17/h4-5,8-9,11,14H,1-3,6-7,10H2,(H2,19,20,21,22)/t14-/m0/s1. The minimum absolute atomic E-state index is 0.00354. The van der Waals surface area contributed by atoms with Crippen molar-refractivity contribution in [3.8, 4) is 11.3 Å². The first-order valence-corrected chi connectivity index (χ1v) is 8.59. The van der Waals surface area contributed by atoms with E-state index in [0.717, 1.165) is 23.2 Å². The molecule has 1 fully saturated rings. The van der Waals surface area contributed by atoms with Crippen molar-refractivity contribution in [3.05, 3.63) is 50.5 Å². The Balaban J connectivity index is 1.91. The van der Waals surface area contributed by atoms with Crippen molar-refractivity contribution < 1.29 is 0 Å². The summed E-state index contributed by atoms with van der Waals surface area (Å²) in [6, 6.07) is 8.40. The van der Waals surface area contributed by atoms with Gasteiger partial charge in [0.25, 0.3) is 5.56 Å². The highest BCUT2D eigenvalue weighted by molar-refractivity contribution is 7.71. The van der Waals surface area contributed by atoms with Crippen molar-refractivity contribution in [1.29, 1.82) is 0 Å². The molecule has 0 radical (unpaired) electrons. The van der Waals surface area contributed by atoms with E-state index in [9.17, 15) is 4.79 Å². The van der Waals surface area contributed by atoms with Crippen LogP contribution in [0.15, 0.2) is 29.1 Å². The Hall–Kier alpha value is -1.68. The molecule has 4 heteroatoms. The van der Waals surface area contributed by atoms with Crippen LogP contribution in [-0.2, 0) is 6.42 Å². The third kappa shape index (κ3) is 2.26. The average molecular weight is 312 g/mol. The molecule has 2 aromatic rings. The zero-order valence-electron chi connectivity index (χ0n) is 12.5. The lowest BCUT2D eigenvalue weighted by atomic mass is 9.70. The topological polar surface area (TPSA) is 48.6 Å². The van der Waals surface area contributed by atoms with Gasteiger partial charge in [0.05, 0.1) is 5.69 Å². The lowest BCUT2D eigenvalue weighted by Gasteiger charge is -2.34. The lowest BCUT2D eigenvalue weighted by Crippen LogP contribution is -2.29. The number of H-pyrrole nitrogens is 2. The highest BCUT2D eigenvalue weighted by atomic mass is 32.1. The SMILES string of the molecule is O=c1[nH]c(=S)[nH]c2c1[C@H](C1CCCCC1)Cc1ccccc1-2. The Labute approximate surface area is 134 Å². The van der Waals surface area contributed by atoms with Gasteiger partial charge in [-0.25, -0.2) is 0 Å². The molecule has 1 atom stereocenters. The number of hydrogen-bond acceptors (Lipinski definition) is 2. The van der Waals surface area contributed by atoms with Crippen LogP contribution in [0.3, 0.4) is 0 Å². The number of aromatic nitrogens is 2. The van der Waals surface area contributed by atoms with Gasteiger partial charge in [0.1, 0.15) is 0 Å². The Morgan fingerprint density at radius 1 is 1.05 bits per heavy atom. The number of benzene rings is 1. The van der Waals surface area contributed by atoms with Crippen LogP contribution in [0.4, 0.5) is 0 Å². The number of hydrogen-bond donors (Lipinski definition) is 2. The van der Waals surface area contributed by atoms with E-state index in [1.807, 2.05) is 6.07 Å². The molecular formula is C18H20N2OS. The number of nitrogens with one attached hydrogen (secondary N) is 2. The summed E-state index contributed by atoms with van der Waals surface area (Å²) < 4.78 is 0.419. The maximum atomic E-state index is 12.6. The highest BCUT2D eigenvalue weighted by Gasteiger charge is 2.33. The summed E-state index contributed by atoms with van der Waals surface area (Å²) in [4.78, 5) is 18.7. The van der Waals surface area contributed by atoms with E-state index in [2.05, 4.69) is 28.2 Å². The van der Waals surface area contributed by atoms with Gasteiger partial charge >= 0.3 is 0 Å². The van der Waals surface area contributed by atoms with Crippen LogP contribution in [0.25, 0.3) is 11.3 Å². The summed E-state index contributed by atoms with van der Waals surface area (Å²) in [5.74, 6) is 0.937. The first kappa shape index (κ1) is 13.9. The van der Waals surface area contributed by atoms with Crippen LogP contribution in [0.5, 0.6) is 0 Å². The predicted molar refractivity (Wildman–Crippen MR) is 90.7 cm³/mol. The van der Waals surface area contributed by atoms with Gasteiger partial charge in [-0.05, 0) is 48.9 Å². The van der Waals surface area contributed by atoms with Crippen molar-refractivity contribution in [1.82, 2.24) is 9.97 Å². The summed E-state index contributed by atoms with van der Waals surface area (Å²) in [6.07, 6.45) is 7.36. The number of aromatic amines is 2. The molecule has 2 aliphatic rings. The van der Waals surface area contributed by atoms with Crippen molar-refractivity contribution in [3.63, 3.8) is 0 Å². The summed E-state index contributed by atoms with van der Waals surface area (Å²) in [6.45, 7) is 0. The van der Waals surface area contributed by atoms with E-state index in [0.29, 0.717) is 16.6 Å². The van der Waals surface area contributed by atoms with Crippen LogP contribution in [-0.4, -0.2) is 9.97 Å². The van der Waals surface area contributed by atoms with Gasteiger partial charge in [-0.3, -0.25) is 9.78 Å². The Kier molecular flexibility index (Phi) is 3.49. The second kappa shape index (κ2) is 5.51. The molecule has 1 saturated carbocycles. The normalized spacial score (nSPS) is 21.2. The van der Waals surface area contributed by atoms with E-state index in [4.69, 9.17) is 12.2 Å².